The van der Waals surface area contributed by atoms with Crippen molar-refractivity contribution < 1.29 is 4.79 Å². The first kappa shape index (κ1) is 12.1. The van der Waals surface area contributed by atoms with Crippen LogP contribution in [0.2, 0.25) is 0 Å². The van der Waals surface area contributed by atoms with Gasteiger partial charge in [0.05, 0.1) is 5.69 Å². The highest BCUT2D eigenvalue weighted by Crippen LogP contribution is 2.58. The van der Waals surface area contributed by atoms with Crippen LogP contribution in [-0.2, 0) is 4.79 Å². The Morgan fingerprint density at radius 1 is 1.44 bits per heavy atom. The summed E-state index contributed by atoms with van der Waals surface area (Å²) in [7, 11) is 0. The van der Waals surface area contributed by atoms with E-state index in [-0.39, 0.29) is 11.8 Å². The number of aromatic nitrogens is 1. The van der Waals surface area contributed by atoms with E-state index in [0.717, 1.165) is 43.2 Å². The lowest BCUT2D eigenvalue weighted by Gasteiger charge is -2.22. The van der Waals surface area contributed by atoms with Crippen LogP contribution >= 0.6 is 11.3 Å². The van der Waals surface area contributed by atoms with Gasteiger partial charge in [0.1, 0.15) is 0 Å². The van der Waals surface area contributed by atoms with Crippen molar-refractivity contribution >= 4 is 22.4 Å². The van der Waals surface area contributed by atoms with Crippen molar-refractivity contribution in [3.05, 3.63) is 10.6 Å². The van der Waals surface area contributed by atoms with E-state index in [1.54, 1.807) is 11.3 Å². The first-order valence-electron chi connectivity index (χ1n) is 6.56. The minimum absolute atomic E-state index is 0.172. The maximum absolute atomic E-state index is 12.2. The fraction of sp³-hybridized carbons (Fsp3) is 0.692. The van der Waals surface area contributed by atoms with Crippen molar-refractivity contribution in [3.8, 4) is 0 Å². The van der Waals surface area contributed by atoms with Gasteiger partial charge in [-0.05, 0) is 51.6 Å². The third-order valence-corrected chi connectivity index (χ3v) is 5.35. The molecule has 1 unspecified atom stereocenters. The molecule has 1 aliphatic carbocycles. The molecule has 3 rings (SSSR count). The van der Waals surface area contributed by atoms with Crippen molar-refractivity contribution in [3.63, 3.8) is 0 Å². The largest absolute Gasteiger partial charge is 0.317 e. The fourth-order valence-electron chi connectivity index (χ4n) is 2.91. The number of aryl methyl sites for hydroxylation is 2. The van der Waals surface area contributed by atoms with Crippen LogP contribution in [0.5, 0.6) is 0 Å². The second-order valence-electron chi connectivity index (χ2n) is 5.52. The molecule has 4 nitrogen and oxygen atoms in total. The minimum Gasteiger partial charge on any atom is -0.317 e. The number of hydrogen-bond acceptors (Lipinski definition) is 4. The van der Waals surface area contributed by atoms with Crippen molar-refractivity contribution in [2.45, 2.75) is 33.1 Å². The Hall–Kier alpha value is -0.940. The van der Waals surface area contributed by atoms with Gasteiger partial charge in [0, 0.05) is 10.8 Å². The van der Waals surface area contributed by atoms with Crippen molar-refractivity contribution in [2.75, 3.05) is 18.4 Å². The number of hydrogen-bond donors (Lipinski definition) is 2. The molecule has 1 atom stereocenters. The van der Waals surface area contributed by atoms with E-state index >= 15 is 0 Å². The molecule has 0 radical (unpaired) electrons. The quantitative estimate of drug-likeness (QED) is 0.861. The molecular weight excluding hydrogens is 246 g/mol. The molecule has 2 fully saturated rings. The second-order valence-corrected chi connectivity index (χ2v) is 6.72. The molecule has 1 aromatic rings. The van der Waals surface area contributed by atoms with Crippen molar-refractivity contribution in [2.24, 2.45) is 11.3 Å². The van der Waals surface area contributed by atoms with E-state index in [1.165, 1.54) is 4.88 Å². The molecule has 2 N–H and O–H groups in total. The predicted molar refractivity (Wildman–Crippen MR) is 72.9 cm³/mol. The number of rotatable bonds is 2. The highest BCUT2D eigenvalue weighted by molar-refractivity contribution is 7.15. The molecule has 1 amide bonds. The van der Waals surface area contributed by atoms with Gasteiger partial charge in [-0.3, -0.25) is 4.79 Å². The van der Waals surface area contributed by atoms with E-state index in [4.69, 9.17) is 0 Å². The number of carbonyl (C=O) groups is 1. The van der Waals surface area contributed by atoms with Crippen LogP contribution in [-0.4, -0.2) is 24.0 Å². The van der Waals surface area contributed by atoms with E-state index in [0.29, 0.717) is 5.41 Å². The summed E-state index contributed by atoms with van der Waals surface area (Å²) in [5.74, 6) is 0.384. The molecule has 1 aromatic heterocycles. The Morgan fingerprint density at radius 3 is 2.78 bits per heavy atom. The molecule has 18 heavy (non-hydrogen) atoms. The van der Waals surface area contributed by atoms with Crippen LogP contribution in [0.15, 0.2) is 0 Å². The first-order valence-corrected chi connectivity index (χ1v) is 7.38. The maximum atomic E-state index is 12.2. The molecule has 1 saturated heterocycles. The summed E-state index contributed by atoms with van der Waals surface area (Å²) in [6, 6.07) is 0. The smallest absolute Gasteiger partial charge is 0.229 e. The molecular formula is C13H19N3OS. The van der Waals surface area contributed by atoms with E-state index in [9.17, 15) is 4.79 Å². The molecule has 2 aliphatic rings. The lowest BCUT2D eigenvalue weighted by molar-refractivity contribution is -0.118. The van der Waals surface area contributed by atoms with Gasteiger partial charge in [0.2, 0.25) is 5.91 Å². The number of piperidine rings is 1. The normalized spacial score (nSPS) is 25.1. The zero-order valence-electron chi connectivity index (χ0n) is 10.9. The number of amides is 1. The van der Waals surface area contributed by atoms with E-state index in [2.05, 4.69) is 15.6 Å². The molecule has 0 aromatic carbocycles. The summed E-state index contributed by atoms with van der Waals surface area (Å²) in [6.45, 7) is 6.12. The van der Waals surface area contributed by atoms with Gasteiger partial charge in [-0.1, -0.05) is 0 Å². The zero-order chi connectivity index (χ0) is 12.8. The number of thiazole rings is 1. The third kappa shape index (κ3) is 2.06. The van der Waals surface area contributed by atoms with E-state index in [1.807, 2.05) is 13.8 Å². The third-order valence-electron chi connectivity index (χ3n) is 4.36. The summed E-state index contributed by atoms with van der Waals surface area (Å²) >= 11 is 1.57. The highest BCUT2D eigenvalue weighted by atomic mass is 32.1. The summed E-state index contributed by atoms with van der Waals surface area (Å²) in [5.41, 5.74) is 1.32. The van der Waals surface area contributed by atoms with Gasteiger partial charge in [-0.25, -0.2) is 4.98 Å². The zero-order valence-corrected chi connectivity index (χ0v) is 11.7. The lowest BCUT2D eigenvalue weighted by Crippen LogP contribution is -2.31. The van der Waals surface area contributed by atoms with Crippen LogP contribution in [0.4, 0.5) is 5.13 Å². The number of anilines is 1. The monoisotopic (exact) mass is 265 g/mol. The van der Waals surface area contributed by atoms with Crippen LogP contribution in [0.25, 0.3) is 0 Å². The number of carbonyl (C=O) groups excluding carboxylic acids is 1. The average Bonchev–Trinajstić information content (AvgIpc) is 2.93. The Balaban J connectivity index is 1.63. The molecule has 5 heteroatoms. The molecule has 1 saturated carbocycles. The van der Waals surface area contributed by atoms with Gasteiger partial charge in [-0.15, -0.1) is 11.3 Å². The van der Waals surface area contributed by atoms with Gasteiger partial charge < -0.3 is 10.6 Å². The topological polar surface area (TPSA) is 54.0 Å². The van der Waals surface area contributed by atoms with Crippen molar-refractivity contribution in [1.82, 2.24) is 10.3 Å². The van der Waals surface area contributed by atoms with Crippen LogP contribution in [0.3, 0.4) is 0 Å². The molecule has 1 spiro atoms. The Labute approximate surface area is 111 Å². The lowest BCUT2D eigenvalue weighted by atomic mass is 9.92. The average molecular weight is 265 g/mol. The molecule has 0 bridgehead atoms. The Morgan fingerprint density at radius 2 is 2.17 bits per heavy atom. The maximum Gasteiger partial charge on any atom is 0.229 e. The van der Waals surface area contributed by atoms with Crippen LogP contribution in [0.1, 0.15) is 29.8 Å². The molecule has 98 valence electrons. The fourth-order valence-corrected chi connectivity index (χ4v) is 3.73. The van der Waals surface area contributed by atoms with Crippen LogP contribution < -0.4 is 10.6 Å². The standard InChI is InChI=1S/C13H19N3OS/c1-8-9(2)18-12(15-8)16-11(17)10-7-13(10)3-5-14-6-4-13/h10,14H,3-7H2,1-2H3,(H,15,16,17). The second kappa shape index (κ2) is 4.31. The Kier molecular flexibility index (Phi) is 2.90. The number of nitrogens with one attached hydrogen (secondary N) is 2. The summed E-state index contributed by atoms with van der Waals surface area (Å²) in [5, 5.41) is 7.10. The van der Waals surface area contributed by atoms with Gasteiger partial charge >= 0.3 is 0 Å². The molecule has 2 heterocycles. The SMILES string of the molecule is Cc1nc(NC(=O)C2CC23CCNCC3)sc1C. The highest BCUT2D eigenvalue weighted by Gasteiger charge is 2.57. The van der Waals surface area contributed by atoms with Crippen LogP contribution in [0, 0.1) is 25.2 Å². The summed E-state index contributed by atoms with van der Waals surface area (Å²) < 4.78 is 0. The molecule has 1 aliphatic heterocycles. The van der Waals surface area contributed by atoms with E-state index < -0.39 is 0 Å². The van der Waals surface area contributed by atoms with Gasteiger partial charge in [0.25, 0.3) is 0 Å². The summed E-state index contributed by atoms with van der Waals surface area (Å²) in [6.07, 6.45) is 3.34. The van der Waals surface area contributed by atoms with Gasteiger partial charge in [0.15, 0.2) is 5.13 Å². The number of nitrogens with zero attached hydrogens (tertiary/aromatic N) is 1. The summed E-state index contributed by atoms with van der Waals surface area (Å²) in [4.78, 5) is 17.8. The van der Waals surface area contributed by atoms with Gasteiger partial charge in [-0.2, -0.15) is 0 Å². The first-order chi connectivity index (χ1) is 8.61. The minimum atomic E-state index is 0.172. The predicted octanol–water partition coefficient (Wildman–Crippen LogP) is 2.09. The van der Waals surface area contributed by atoms with Crippen molar-refractivity contribution in [1.29, 1.82) is 0 Å². The Bertz CT molecular complexity index is 457.